The topological polar surface area (TPSA) is 3.24 Å². The zero-order valence-corrected chi connectivity index (χ0v) is 33.9. The maximum atomic E-state index is 2.49. The van der Waals surface area contributed by atoms with Crippen LogP contribution in [0.1, 0.15) is 25.0 Å². The number of hydrogen-bond donors (Lipinski definition) is 0. The molecule has 9 aromatic carbocycles. The third-order valence-electron chi connectivity index (χ3n) is 12.3. The van der Waals surface area contributed by atoms with Crippen molar-refractivity contribution in [1.82, 2.24) is 0 Å². The minimum absolute atomic E-state index is 0.140. The third kappa shape index (κ3) is 5.91. The number of benzene rings is 9. The Bertz CT molecular complexity index is 3170. The van der Waals surface area contributed by atoms with E-state index in [1.807, 2.05) is 11.3 Å². The number of fused-ring (bicyclic) bond motifs is 6. The highest BCUT2D eigenvalue weighted by molar-refractivity contribution is 7.26. The van der Waals surface area contributed by atoms with E-state index in [-0.39, 0.29) is 5.41 Å². The van der Waals surface area contributed by atoms with Crippen LogP contribution in [0.25, 0.3) is 75.8 Å². The molecule has 0 radical (unpaired) electrons. The molecule has 280 valence electrons. The van der Waals surface area contributed by atoms with Crippen molar-refractivity contribution < 1.29 is 0 Å². The Labute approximate surface area is 350 Å². The summed E-state index contributed by atoms with van der Waals surface area (Å²) in [6, 6.07) is 78.1. The fourth-order valence-electron chi connectivity index (χ4n) is 9.40. The first kappa shape index (κ1) is 35.2. The third-order valence-corrected chi connectivity index (χ3v) is 13.5. The van der Waals surface area contributed by atoms with Crippen LogP contribution in [-0.4, -0.2) is 0 Å². The molecule has 0 saturated carbocycles. The SMILES string of the molecule is CC1(C)c2ccccc2-c2ccc(N(c3ccc(-c4cccc5c4sc4ccccc45)cc3)c3cccc(-c4ccccc4)c3-c3cccc(-c4ccccc4)c3)cc21. The van der Waals surface area contributed by atoms with Gasteiger partial charge in [-0.25, -0.2) is 0 Å². The number of rotatable bonds is 7. The normalized spacial score (nSPS) is 12.7. The van der Waals surface area contributed by atoms with E-state index in [9.17, 15) is 0 Å². The van der Waals surface area contributed by atoms with Gasteiger partial charge in [0.05, 0.1) is 5.69 Å². The molecular formula is C57H41NS. The van der Waals surface area contributed by atoms with Crippen LogP contribution in [0.3, 0.4) is 0 Å². The van der Waals surface area contributed by atoms with Gasteiger partial charge >= 0.3 is 0 Å². The molecule has 1 nitrogen and oxygen atoms in total. The van der Waals surface area contributed by atoms with Crippen molar-refractivity contribution in [2.45, 2.75) is 19.3 Å². The molecule has 10 aromatic rings. The average molecular weight is 772 g/mol. The van der Waals surface area contributed by atoms with Crippen molar-refractivity contribution in [2.75, 3.05) is 4.90 Å². The second-order valence-electron chi connectivity index (χ2n) is 16.1. The Kier molecular flexibility index (Phi) is 8.43. The van der Waals surface area contributed by atoms with E-state index in [4.69, 9.17) is 0 Å². The zero-order valence-electron chi connectivity index (χ0n) is 33.1. The molecular weight excluding hydrogens is 731 g/mol. The summed E-state index contributed by atoms with van der Waals surface area (Å²) in [5.74, 6) is 0. The van der Waals surface area contributed by atoms with E-state index in [0.717, 1.165) is 17.1 Å². The van der Waals surface area contributed by atoms with Gasteiger partial charge in [-0.1, -0.05) is 184 Å². The Morgan fingerprint density at radius 3 is 1.78 bits per heavy atom. The molecule has 59 heavy (non-hydrogen) atoms. The van der Waals surface area contributed by atoms with E-state index in [1.54, 1.807) is 0 Å². The molecule has 0 unspecified atom stereocenters. The predicted octanol–water partition coefficient (Wildman–Crippen LogP) is 16.5. The van der Waals surface area contributed by atoms with Crippen molar-refractivity contribution in [3.8, 4) is 55.6 Å². The number of anilines is 3. The summed E-state index contributed by atoms with van der Waals surface area (Å²) >= 11 is 1.88. The van der Waals surface area contributed by atoms with Gasteiger partial charge in [0.15, 0.2) is 0 Å². The van der Waals surface area contributed by atoms with Crippen molar-refractivity contribution in [2.24, 2.45) is 0 Å². The van der Waals surface area contributed by atoms with Gasteiger partial charge in [-0.15, -0.1) is 11.3 Å². The van der Waals surface area contributed by atoms with Crippen molar-refractivity contribution >= 4 is 48.6 Å². The van der Waals surface area contributed by atoms with Crippen LogP contribution in [0.5, 0.6) is 0 Å². The van der Waals surface area contributed by atoms with Crippen LogP contribution in [0.15, 0.2) is 212 Å². The lowest BCUT2D eigenvalue weighted by Crippen LogP contribution is -2.17. The Morgan fingerprint density at radius 2 is 0.949 bits per heavy atom. The molecule has 11 rings (SSSR count). The largest absolute Gasteiger partial charge is 0.310 e. The smallest absolute Gasteiger partial charge is 0.0546 e. The van der Waals surface area contributed by atoms with Gasteiger partial charge in [-0.3, -0.25) is 0 Å². The van der Waals surface area contributed by atoms with Gasteiger partial charge in [0.1, 0.15) is 0 Å². The second-order valence-corrected chi connectivity index (χ2v) is 17.1. The lowest BCUT2D eigenvalue weighted by atomic mass is 9.82. The Morgan fingerprint density at radius 1 is 0.373 bits per heavy atom. The van der Waals surface area contributed by atoms with Crippen LogP contribution in [0, 0.1) is 0 Å². The zero-order chi connectivity index (χ0) is 39.5. The monoisotopic (exact) mass is 771 g/mol. The molecule has 1 aliphatic rings. The van der Waals surface area contributed by atoms with E-state index < -0.39 is 0 Å². The Hall–Kier alpha value is -7.00. The molecule has 0 bridgehead atoms. The molecule has 1 aromatic heterocycles. The van der Waals surface area contributed by atoms with E-state index in [1.165, 1.54) is 86.9 Å². The first-order valence-electron chi connectivity index (χ1n) is 20.4. The van der Waals surface area contributed by atoms with E-state index in [2.05, 4.69) is 231 Å². The van der Waals surface area contributed by atoms with Gasteiger partial charge in [0, 0.05) is 42.5 Å². The quantitative estimate of drug-likeness (QED) is 0.156. The van der Waals surface area contributed by atoms with Gasteiger partial charge in [0.25, 0.3) is 0 Å². The molecule has 0 fully saturated rings. The highest BCUT2D eigenvalue weighted by Crippen LogP contribution is 2.52. The second kappa shape index (κ2) is 14.1. The van der Waals surface area contributed by atoms with Crippen LogP contribution < -0.4 is 4.90 Å². The highest BCUT2D eigenvalue weighted by atomic mass is 32.1. The summed E-state index contributed by atoms with van der Waals surface area (Å²) in [4.78, 5) is 2.49. The summed E-state index contributed by atoms with van der Waals surface area (Å²) in [5.41, 5.74) is 18.2. The molecule has 0 amide bonds. The van der Waals surface area contributed by atoms with Gasteiger partial charge in [-0.05, 0) is 104 Å². The van der Waals surface area contributed by atoms with E-state index >= 15 is 0 Å². The fourth-order valence-corrected chi connectivity index (χ4v) is 10.6. The summed E-state index contributed by atoms with van der Waals surface area (Å²) < 4.78 is 2.65. The minimum atomic E-state index is -0.140. The summed E-state index contributed by atoms with van der Waals surface area (Å²) in [6.07, 6.45) is 0. The molecule has 0 N–H and O–H groups in total. The maximum Gasteiger partial charge on any atom is 0.0546 e. The molecule has 0 aliphatic heterocycles. The van der Waals surface area contributed by atoms with Crippen molar-refractivity contribution in [3.05, 3.63) is 223 Å². The maximum absolute atomic E-state index is 2.49. The van der Waals surface area contributed by atoms with Crippen LogP contribution in [0.4, 0.5) is 17.1 Å². The average Bonchev–Trinajstić information content (AvgIpc) is 3.79. The lowest BCUT2D eigenvalue weighted by molar-refractivity contribution is 0.660. The van der Waals surface area contributed by atoms with E-state index in [0.29, 0.717) is 0 Å². The van der Waals surface area contributed by atoms with Crippen LogP contribution in [-0.2, 0) is 5.41 Å². The molecule has 1 aliphatic carbocycles. The summed E-state index contributed by atoms with van der Waals surface area (Å²) in [5, 5.41) is 2.64. The summed E-state index contributed by atoms with van der Waals surface area (Å²) in [6.45, 7) is 4.73. The van der Waals surface area contributed by atoms with Gasteiger partial charge in [0.2, 0.25) is 0 Å². The first-order valence-corrected chi connectivity index (χ1v) is 21.2. The van der Waals surface area contributed by atoms with Crippen molar-refractivity contribution in [3.63, 3.8) is 0 Å². The molecule has 1 heterocycles. The molecule has 2 heteroatoms. The van der Waals surface area contributed by atoms with Gasteiger partial charge < -0.3 is 4.90 Å². The lowest BCUT2D eigenvalue weighted by Gasteiger charge is -2.31. The van der Waals surface area contributed by atoms with Gasteiger partial charge in [-0.2, -0.15) is 0 Å². The fraction of sp³-hybridized carbons (Fsp3) is 0.0526. The van der Waals surface area contributed by atoms with Crippen LogP contribution >= 0.6 is 11.3 Å². The standard InChI is InChI=1S/C57H41NS/c1-57(2)51-27-11-9-22-47(51)48-35-34-44(37-52(48)57)58(43-32-30-40(31-33-43)46-25-14-26-50-49-23-10-12-29-54(49)59-56(46)50)53-28-15-24-45(39-18-7-4-8-19-39)55(53)42-21-13-20-41(36-42)38-16-5-3-6-17-38/h3-37H,1-2H3. The number of nitrogens with zero attached hydrogens (tertiary/aromatic N) is 1. The van der Waals surface area contributed by atoms with Crippen molar-refractivity contribution in [1.29, 1.82) is 0 Å². The molecule has 0 saturated heterocycles. The van der Waals surface area contributed by atoms with Crippen LogP contribution in [0.2, 0.25) is 0 Å². The Balaban J connectivity index is 1.14. The molecule has 0 spiro atoms. The molecule has 0 atom stereocenters. The highest BCUT2D eigenvalue weighted by Gasteiger charge is 2.36. The summed E-state index contributed by atoms with van der Waals surface area (Å²) in [7, 11) is 0. The number of thiophene rings is 1. The minimum Gasteiger partial charge on any atom is -0.310 e. The number of hydrogen-bond acceptors (Lipinski definition) is 2. The first-order chi connectivity index (χ1) is 29.0. The predicted molar refractivity (Wildman–Crippen MR) is 253 cm³/mol.